The maximum Gasteiger partial charge on any atom is 0.221 e. The molecule has 1 saturated heterocycles. The van der Waals surface area contributed by atoms with Gasteiger partial charge in [-0.25, -0.2) is 0 Å². The topological polar surface area (TPSA) is 45.2 Å². The zero-order chi connectivity index (χ0) is 22.4. The van der Waals surface area contributed by atoms with Crippen LogP contribution in [0.1, 0.15) is 48.6 Å². The van der Waals surface area contributed by atoms with Crippen molar-refractivity contribution in [1.29, 1.82) is 0 Å². The van der Waals surface area contributed by atoms with E-state index in [0.29, 0.717) is 0 Å². The molecule has 0 aliphatic carbocycles. The average Bonchev–Trinajstić information content (AvgIpc) is 2.82. The Bertz CT molecular complexity index is 1030. The fourth-order valence-electron chi connectivity index (χ4n) is 4.89. The van der Waals surface area contributed by atoms with Gasteiger partial charge in [0.05, 0.1) is 0 Å². The summed E-state index contributed by atoms with van der Waals surface area (Å²) in [7, 11) is 0. The highest BCUT2D eigenvalue weighted by Crippen LogP contribution is 2.39. The molecule has 2 heterocycles. The van der Waals surface area contributed by atoms with Crippen molar-refractivity contribution in [3.63, 3.8) is 0 Å². The number of anilines is 1. The number of nitrogens with zero attached hydrogens (tertiary/aromatic N) is 2. The molecule has 0 atom stereocenters. The summed E-state index contributed by atoms with van der Waals surface area (Å²) in [6.45, 7) is 6.68. The number of carbonyl (C=O) groups excluding carboxylic acids is 1. The van der Waals surface area contributed by atoms with Crippen molar-refractivity contribution in [3.8, 4) is 0 Å². The Morgan fingerprint density at radius 2 is 1.75 bits per heavy atom. The molecule has 166 valence electrons. The standard InChI is InChI=1S/C28H33N3O/c1-22-20-25(11-12-26(22)30-23(2)32)21-31-18-15-28(16-19-31,27-10-6-7-17-29-27)14-13-24-8-4-3-5-9-24/h3-12,17,20H,13-16,18-19,21H2,1-2H3,(H,30,32). The first-order valence-electron chi connectivity index (χ1n) is 11.6. The van der Waals surface area contributed by atoms with Gasteiger partial charge in [0.25, 0.3) is 0 Å². The van der Waals surface area contributed by atoms with Crippen molar-refractivity contribution in [2.45, 2.75) is 51.5 Å². The number of carbonyl (C=O) groups is 1. The van der Waals surface area contributed by atoms with Gasteiger partial charge in [-0.2, -0.15) is 0 Å². The van der Waals surface area contributed by atoms with Crippen molar-refractivity contribution in [3.05, 3.63) is 95.3 Å². The predicted octanol–water partition coefficient (Wildman–Crippen LogP) is 5.52. The largest absolute Gasteiger partial charge is 0.326 e. The van der Waals surface area contributed by atoms with E-state index >= 15 is 0 Å². The van der Waals surface area contributed by atoms with Gasteiger partial charge in [0, 0.05) is 36.5 Å². The van der Waals surface area contributed by atoms with Crippen LogP contribution in [-0.4, -0.2) is 28.9 Å². The minimum absolute atomic E-state index is 0.0294. The van der Waals surface area contributed by atoms with Crippen molar-refractivity contribution in [2.75, 3.05) is 18.4 Å². The Balaban J connectivity index is 1.43. The normalized spacial score (nSPS) is 15.9. The van der Waals surface area contributed by atoms with Gasteiger partial charge >= 0.3 is 0 Å². The molecule has 1 amide bonds. The third kappa shape index (κ3) is 5.43. The number of benzene rings is 2. The van der Waals surface area contributed by atoms with E-state index in [2.05, 4.69) is 71.7 Å². The van der Waals surface area contributed by atoms with E-state index in [1.54, 1.807) is 6.92 Å². The lowest BCUT2D eigenvalue weighted by molar-refractivity contribution is -0.114. The number of rotatable bonds is 7. The van der Waals surface area contributed by atoms with Crippen LogP contribution in [0.2, 0.25) is 0 Å². The zero-order valence-electron chi connectivity index (χ0n) is 19.2. The van der Waals surface area contributed by atoms with Crippen molar-refractivity contribution in [2.24, 2.45) is 0 Å². The van der Waals surface area contributed by atoms with Crippen LogP contribution in [0.25, 0.3) is 0 Å². The van der Waals surface area contributed by atoms with Gasteiger partial charge in [0.15, 0.2) is 0 Å². The summed E-state index contributed by atoms with van der Waals surface area (Å²) in [5, 5.41) is 2.90. The molecule has 0 unspecified atom stereocenters. The van der Waals surface area contributed by atoms with E-state index in [-0.39, 0.29) is 11.3 Å². The Kier molecular flexibility index (Phi) is 7.01. The molecule has 1 aliphatic rings. The highest BCUT2D eigenvalue weighted by atomic mass is 16.1. The molecular formula is C28H33N3O. The highest BCUT2D eigenvalue weighted by molar-refractivity contribution is 5.89. The first kappa shape index (κ1) is 22.2. The first-order valence-corrected chi connectivity index (χ1v) is 11.6. The lowest BCUT2D eigenvalue weighted by Gasteiger charge is -2.42. The summed E-state index contributed by atoms with van der Waals surface area (Å²) >= 11 is 0. The molecule has 0 spiro atoms. The van der Waals surface area contributed by atoms with Gasteiger partial charge in [-0.1, -0.05) is 48.5 Å². The molecule has 32 heavy (non-hydrogen) atoms. The smallest absolute Gasteiger partial charge is 0.221 e. The van der Waals surface area contributed by atoms with Crippen LogP contribution < -0.4 is 5.32 Å². The summed E-state index contributed by atoms with van der Waals surface area (Å²) in [4.78, 5) is 18.7. The molecule has 0 saturated carbocycles. The number of hydrogen-bond acceptors (Lipinski definition) is 3. The molecule has 2 aromatic carbocycles. The minimum Gasteiger partial charge on any atom is -0.326 e. The summed E-state index contributed by atoms with van der Waals surface area (Å²) in [5.41, 5.74) is 6.09. The monoisotopic (exact) mass is 427 g/mol. The lowest BCUT2D eigenvalue weighted by atomic mass is 9.71. The fraction of sp³-hybridized carbons (Fsp3) is 0.357. The molecule has 3 aromatic rings. The van der Waals surface area contributed by atoms with Crippen LogP contribution in [0.4, 0.5) is 5.69 Å². The molecule has 1 fully saturated rings. The van der Waals surface area contributed by atoms with Crippen molar-refractivity contribution < 1.29 is 4.79 Å². The Labute approximate surface area is 191 Å². The summed E-state index contributed by atoms with van der Waals surface area (Å²) in [6, 6.07) is 23.5. The van der Waals surface area contributed by atoms with Crippen LogP contribution in [0.3, 0.4) is 0 Å². The molecule has 4 rings (SSSR count). The summed E-state index contributed by atoms with van der Waals surface area (Å²) in [6.07, 6.45) is 6.40. The van der Waals surface area contributed by atoms with Crippen molar-refractivity contribution in [1.82, 2.24) is 9.88 Å². The number of likely N-dealkylation sites (tertiary alicyclic amines) is 1. The third-order valence-electron chi connectivity index (χ3n) is 6.76. The predicted molar refractivity (Wildman–Crippen MR) is 131 cm³/mol. The number of piperidine rings is 1. The molecule has 0 bridgehead atoms. The van der Waals surface area contributed by atoms with Gasteiger partial charge in [0.2, 0.25) is 5.91 Å². The van der Waals surface area contributed by atoms with Crippen LogP contribution in [0.5, 0.6) is 0 Å². The molecule has 1 aromatic heterocycles. The first-order chi connectivity index (χ1) is 15.5. The van der Waals surface area contributed by atoms with Crippen LogP contribution in [0.15, 0.2) is 72.9 Å². The maximum atomic E-state index is 11.4. The van der Waals surface area contributed by atoms with Gasteiger partial charge in [0.1, 0.15) is 0 Å². The quantitative estimate of drug-likeness (QED) is 0.540. The van der Waals surface area contributed by atoms with E-state index in [9.17, 15) is 4.79 Å². The molecular weight excluding hydrogens is 394 g/mol. The maximum absolute atomic E-state index is 11.4. The second-order valence-electron chi connectivity index (χ2n) is 9.09. The Morgan fingerprint density at radius 1 is 1.00 bits per heavy atom. The van der Waals surface area contributed by atoms with E-state index in [1.165, 1.54) is 16.8 Å². The molecule has 0 radical (unpaired) electrons. The number of aryl methyl sites for hydroxylation is 2. The van der Waals surface area contributed by atoms with Gasteiger partial charge in [-0.05, 0) is 80.6 Å². The number of amides is 1. The summed E-state index contributed by atoms with van der Waals surface area (Å²) in [5.74, 6) is -0.0294. The molecule has 1 aliphatic heterocycles. The van der Waals surface area contributed by atoms with Crippen LogP contribution in [-0.2, 0) is 23.2 Å². The fourth-order valence-corrected chi connectivity index (χ4v) is 4.89. The van der Waals surface area contributed by atoms with Crippen LogP contribution in [0, 0.1) is 6.92 Å². The van der Waals surface area contributed by atoms with Gasteiger partial charge in [-0.3, -0.25) is 14.7 Å². The van der Waals surface area contributed by atoms with E-state index in [1.807, 2.05) is 18.3 Å². The number of pyridine rings is 1. The Hall–Kier alpha value is -2.98. The van der Waals surface area contributed by atoms with E-state index in [4.69, 9.17) is 4.98 Å². The lowest BCUT2D eigenvalue weighted by Crippen LogP contribution is -2.43. The minimum atomic E-state index is -0.0294. The second-order valence-corrected chi connectivity index (χ2v) is 9.09. The van der Waals surface area contributed by atoms with Crippen LogP contribution >= 0.6 is 0 Å². The number of hydrogen-bond donors (Lipinski definition) is 1. The number of aromatic nitrogens is 1. The van der Waals surface area contributed by atoms with Gasteiger partial charge < -0.3 is 5.32 Å². The highest BCUT2D eigenvalue weighted by Gasteiger charge is 2.36. The summed E-state index contributed by atoms with van der Waals surface area (Å²) < 4.78 is 0. The third-order valence-corrected chi connectivity index (χ3v) is 6.76. The zero-order valence-corrected chi connectivity index (χ0v) is 19.2. The number of nitrogens with one attached hydrogen (secondary N) is 1. The van der Waals surface area contributed by atoms with Gasteiger partial charge in [-0.15, -0.1) is 0 Å². The van der Waals surface area contributed by atoms with E-state index < -0.39 is 0 Å². The van der Waals surface area contributed by atoms with E-state index in [0.717, 1.165) is 56.6 Å². The SMILES string of the molecule is CC(=O)Nc1ccc(CN2CCC(CCc3ccccc3)(c3ccccn3)CC2)cc1C. The molecule has 4 nitrogen and oxygen atoms in total. The molecule has 1 N–H and O–H groups in total. The molecule has 4 heteroatoms. The average molecular weight is 428 g/mol. The van der Waals surface area contributed by atoms with Crippen molar-refractivity contribution >= 4 is 11.6 Å². The Morgan fingerprint density at radius 3 is 2.41 bits per heavy atom. The second kappa shape index (κ2) is 10.1.